The van der Waals surface area contributed by atoms with Crippen molar-refractivity contribution in [2.24, 2.45) is 11.8 Å². The highest BCUT2D eigenvalue weighted by molar-refractivity contribution is 5.79. The fraction of sp³-hybridized carbons (Fsp3) is 0.800. The number of amides is 1. The second-order valence-electron chi connectivity index (χ2n) is 3.68. The first-order chi connectivity index (χ1) is 6.49. The Labute approximate surface area is 84.7 Å². The molecule has 0 aliphatic carbocycles. The summed E-state index contributed by atoms with van der Waals surface area (Å²) in [4.78, 5) is 21.9. The maximum atomic E-state index is 11.5. The summed E-state index contributed by atoms with van der Waals surface area (Å²) < 4.78 is 0. The minimum atomic E-state index is -0.847. The normalized spacial score (nSPS) is 12.6. The quantitative estimate of drug-likeness (QED) is 0.680. The van der Waals surface area contributed by atoms with E-state index in [1.165, 1.54) is 0 Å². The van der Waals surface area contributed by atoms with Crippen LogP contribution in [0.4, 0.5) is 0 Å². The van der Waals surface area contributed by atoms with Gasteiger partial charge in [0.05, 0.1) is 0 Å². The number of carbonyl (C=O) groups excluding carboxylic acids is 1. The van der Waals surface area contributed by atoms with Crippen molar-refractivity contribution in [1.82, 2.24) is 5.32 Å². The molecule has 0 aliphatic rings. The molecule has 4 nitrogen and oxygen atoms in total. The van der Waals surface area contributed by atoms with Crippen LogP contribution in [-0.4, -0.2) is 23.5 Å². The van der Waals surface area contributed by atoms with E-state index in [1.807, 2.05) is 20.8 Å². The maximum absolute atomic E-state index is 11.5. The van der Waals surface area contributed by atoms with E-state index in [9.17, 15) is 9.59 Å². The van der Waals surface area contributed by atoms with Crippen LogP contribution in [0.5, 0.6) is 0 Å². The van der Waals surface area contributed by atoms with E-state index in [2.05, 4.69) is 5.32 Å². The molecule has 0 spiro atoms. The third-order valence-corrected chi connectivity index (χ3v) is 2.16. The number of carboxylic acids is 1. The van der Waals surface area contributed by atoms with Gasteiger partial charge in [-0.15, -0.1) is 0 Å². The lowest BCUT2D eigenvalue weighted by Crippen LogP contribution is -2.33. The minimum absolute atomic E-state index is 0.0382. The molecule has 1 unspecified atom stereocenters. The number of carboxylic acid groups (broad SMARTS) is 1. The number of hydrogen-bond donors (Lipinski definition) is 2. The summed E-state index contributed by atoms with van der Waals surface area (Å²) in [5.74, 6) is -0.893. The summed E-state index contributed by atoms with van der Waals surface area (Å²) in [6.07, 6.45) is 0.471. The van der Waals surface area contributed by atoms with E-state index in [0.717, 1.165) is 0 Å². The molecule has 14 heavy (non-hydrogen) atoms. The van der Waals surface area contributed by atoms with Crippen LogP contribution in [0.1, 0.15) is 33.6 Å². The largest absolute Gasteiger partial charge is 0.481 e. The van der Waals surface area contributed by atoms with Crippen LogP contribution in [0.3, 0.4) is 0 Å². The zero-order valence-electron chi connectivity index (χ0n) is 9.04. The van der Waals surface area contributed by atoms with Crippen molar-refractivity contribution < 1.29 is 14.7 Å². The molecule has 1 amide bonds. The summed E-state index contributed by atoms with van der Waals surface area (Å²) in [6, 6.07) is 0. The Bertz CT molecular complexity index is 202. The van der Waals surface area contributed by atoms with Gasteiger partial charge in [0.15, 0.2) is 0 Å². The molecule has 0 bridgehead atoms. The van der Waals surface area contributed by atoms with Crippen molar-refractivity contribution in [3.63, 3.8) is 0 Å². The third kappa shape index (κ3) is 4.84. The molecular formula is C10H19NO3. The Kier molecular flexibility index (Phi) is 5.92. The molecule has 0 saturated heterocycles. The molecule has 0 heterocycles. The second-order valence-corrected chi connectivity index (χ2v) is 3.68. The van der Waals surface area contributed by atoms with Gasteiger partial charge in [-0.25, -0.2) is 0 Å². The molecule has 0 rings (SSSR count). The molecule has 0 radical (unpaired) electrons. The molecule has 1 atom stereocenters. The van der Waals surface area contributed by atoms with Crippen LogP contribution in [0.2, 0.25) is 0 Å². The van der Waals surface area contributed by atoms with Crippen molar-refractivity contribution in [3.8, 4) is 0 Å². The summed E-state index contributed by atoms with van der Waals surface area (Å²) in [7, 11) is 0. The van der Waals surface area contributed by atoms with Crippen LogP contribution in [0.15, 0.2) is 0 Å². The monoisotopic (exact) mass is 201 g/mol. The van der Waals surface area contributed by atoms with Gasteiger partial charge in [-0.1, -0.05) is 13.8 Å². The van der Waals surface area contributed by atoms with Gasteiger partial charge in [-0.2, -0.15) is 0 Å². The molecule has 0 aliphatic heterocycles. The highest BCUT2D eigenvalue weighted by Gasteiger charge is 2.21. The maximum Gasteiger partial charge on any atom is 0.303 e. The van der Waals surface area contributed by atoms with Crippen molar-refractivity contribution in [2.75, 3.05) is 6.54 Å². The topological polar surface area (TPSA) is 66.4 Å². The number of hydrogen-bond acceptors (Lipinski definition) is 2. The smallest absolute Gasteiger partial charge is 0.303 e. The Morgan fingerprint density at radius 2 is 1.93 bits per heavy atom. The fourth-order valence-electron chi connectivity index (χ4n) is 1.35. The molecule has 0 fully saturated rings. The average Bonchev–Trinajstić information content (AvgIpc) is 2.03. The summed E-state index contributed by atoms with van der Waals surface area (Å²) in [5.41, 5.74) is 0. The van der Waals surface area contributed by atoms with Crippen molar-refractivity contribution in [2.45, 2.75) is 33.6 Å². The average molecular weight is 201 g/mol. The Balaban J connectivity index is 4.14. The molecule has 0 aromatic heterocycles. The summed E-state index contributed by atoms with van der Waals surface area (Å²) in [6.45, 7) is 6.31. The first-order valence-corrected chi connectivity index (χ1v) is 4.98. The van der Waals surface area contributed by atoms with Crippen LogP contribution in [0, 0.1) is 11.8 Å². The van der Waals surface area contributed by atoms with Gasteiger partial charge in [0.2, 0.25) is 5.91 Å². The summed E-state index contributed by atoms with van der Waals surface area (Å²) in [5, 5.41) is 11.2. The molecule has 2 N–H and O–H groups in total. The molecule has 82 valence electrons. The Morgan fingerprint density at radius 1 is 1.36 bits per heavy atom. The zero-order chi connectivity index (χ0) is 11.1. The van der Waals surface area contributed by atoms with E-state index in [0.29, 0.717) is 13.0 Å². The van der Waals surface area contributed by atoms with Gasteiger partial charge >= 0.3 is 5.97 Å². The van der Waals surface area contributed by atoms with E-state index in [4.69, 9.17) is 5.11 Å². The standard InChI is InChI=1S/C10H19NO3/c1-4-11-10(14)8(7(2)3)5-6-9(12)13/h7-8H,4-6H2,1-3H3,(H,11,14)(H,12,13). The number of nitrogens with one attached hydrogen (secondary N) is 1. The minimum Gasteiger partial charge on any atom is -0.481 e. The highest BCUT2D eigenvalue weighted by atomic mass is 16.4. The molecule has 0 saturated carbocycles. The lowest BCUT2D eigenvalue weighted by atomic mass is 9.90. The van der Waals surface area contributed by atoms with Gasteiger partial charge in [-0.3, -0.25) is 9.59 Å². The molecule has 0 aromatic carbocycles. The lowest BCUT2D eigenvalue weighted by molar-refractivity contribution is -0.137. The van der Waals surface area contributed by atoms with E-state index < -0.39 is 5.97 Å². The van der Waals surface area contributed by atoms with Gasteiger partial charge in [-0.05, 0) is 19.3 Å². The highest BCUT2D eigenvalue weighted by Crippen LogP contribution is 2.17. The van der Waals surface area contributed by atoms with E-state index in [-0.39, 0.29) is 24.2 Å². The van der Waals surface area contributed by atoms with Gasteiger partial charge < -0.3 is 10.4 Å². The first kappa shape index (κ1) is 12.9. The van der Waals surface area contributed by atoms with Crippen LogP contribution >= 0.6 is 0 Å². The Hall–Kier alpha value is -1.06. The van der Waals surface area contributed by atoms with Gasteiger partial charge in [0.25, 0.3) is 0 Å². The number of carbonyl (C=O) groups is 2. The van der Waals surface area contributed by atoms with Crippen LogP contribution in [0.25, 0.3) is 0 Å². The SMILES string of the molecule is CCNC(=O)C(CCC(=O)O)C(C)C. The second kappa shape index (κ2) is 6.40. The van der Waals surface area contributed by atoms with Crippen LogP contribution in [-0.2, 0) is 9.59 Å². The summed E-state index contributed by atoms with van der Waals surface area (Å²) >= 11 is 0. The van der Waals surface area contributed by atoms with Gasteiger partial charge in [0, 0.05) is 18.9 Å². The van der Waals surface area contributed by atoms with Gasteiger partial charge in [0.1, 0.15) is 0 Å². The molecule has 4 heteroatoms. The van der Waals surface area contributed by atoms with E-state index >= 15 is 0 Å². The third-order valence-electron chi connectivity index (χ3n) is 2.16. The Morgan fingerprint density at radius 3 is 2.29 bits per heavy atom. The van der Waals surface area contributed by atoms with E-state index in [1.54, 1.807) is 0 Å². The zero-order valence-corrected chi connectivity index (χ0v) is 9.04. The first-order valence-electron chi connectivity index (χ1n) is 4.98. The van der Waals surface area contributed by atoms with Crippen molar-refractivity contribution >= 4 is 11.9 Å². The lowest BCUT2D eigenvalue weighted by Gasteiger charge is -2.18. The van der Waals surface area contributed by atoms with Crippen LogP contribution < -0.4 is 5.32 Å². The predicted molar refractivity (Wildman–Crippen MR) is 53.9 cm³/mol. The van der Waals surface area contributed by atoms with Crippen molar-refractivity contribution in [3.05, 3.63) is 0 Å². The fourth-order valence-corrected chi connectivity index (χ4v) is 1.35. The van der Waals surface area contributed by atoms with Crippen molar-refractivity contribution in [1.29, 1.82) is 0 Å². The molecular weight excluding hydrogens is 182 g/mol. The number of aliphatic carboxylic acids is 1. The predicted octanol–water partition coefficient (Wildman–Crippen LogP) is 1.26. The molecule has 0 aromatic rings. The number of rotatable bonds is 6.